The fourth-order valence-corrected chi connectivity index (χ4v) is 4.33. The largest absolute Gasteiger partial charge is 0.324 e. The number of benzene rings is 1. The third kappa shape index (κ3) is 5.40. The highest BCUT2D eigenvalue weighted by atomic mass is 16.2. The van der Waals surface area contributed by atoms with E-state index in [9.17, 15) is 19.2 Å². The summed E-state index contributed by atoms with van der Waals surface area (Å²) in [7, 11) is 0. The Morgan fingerprint density at radius 1 is 1.07 bits per heavy atom. The molecular weight excluding hydrogens is 366 g/mol. The number of amides is 1. The first-order valence-electron chi connectivity index (χ1n) is 11.0. The van der Waals surface area contributed by atoms with Crippen molar-refractivity contribution < 1.29 is 19.2 Å². The lowest BCUT2D eigenvalue weighted by Crippen LogP contribution is -2.44. The lowest BCUT2D eigenvalue weighted by atomic mass is 9.92. The highest BCUT2D eigenvalue weighted by molar-refractivity contribution is 6.07. The van der Waals surface area contributed by atoms with Gasteiger partial charge in [0.05, 0.1) is 12.5 Å². The minimum Gasteiger partial charge on any atom is -0.324 e. The summed E-state index contributed by atoms with van der Waals surface area (Å²) in [5.41, 5.74) is 2.62. The van der Waals surface area contributed by atoms with E-state index >= 15 is 0 Å². The molecule has 3 rings (SSSR count). The summed E-state index contributed by atoms with van der Waals surface area (Å²) in [6.45, 7) is 2.60. The first-order valence-corrected chi connectivity index (χ1v) is 11.0. The van der Waals surface area contributed by atoms with Gasteiger partial charge in [-0.1, -0.05) is 44.7 Å². The van der Waals surface area contributed by atoms with E-state index in [1.807, 2.05) is 18.2 Å². The maximum Gasteiger partial charge on any atom is 0.255 e. The molecule has 1 aliphatic carbocycles. The van der Waals surface area contributed by atoms with E-state index in [1.54, 1.807) is 4.90 Å². The van der Waals surface area contributed by atoms with E-state index in [-0.39, 0.29) is 23.9 Å². The average Bonchev–Trinajstić information content (AvgIpc) is 3.02. The molecule has 29 heavy (non-hydrogen) atoms. The fourth-order valence-electron chi connectivity index (χ4n) is 4.33. The minimum atomic E-state index is -0.481. The van der Waals surface area contributed by atoms with Gasteiger partial charge in [-0.05, 0) is 36.5 Å². The van der Waals surface area contributed by atoms with Crippen molar-refractivity contribution in [1.82, 2.24) is 4.90 Å². The second kappa shape index (κ2) is 9.95. The molecule has 0 bridgehead atoms. The van der Waals surface area contributed by atoms with Crippen LogP contribution >= 0.6 is 0 Å². The fraction of sp³-hybridized carbons (Fsp3) is 0.583. The van der Waals surface area contributed by atoms with Crippen LogP contribution in [0.1, 0.15) is 92.6 Å². The van der Waals surface area contributed by atoms with Crippen molar-refractivity contribution in [3.63, 3.8) is 0 Å². The molecule has 156 valence electrons. The van der Waals surface area contributed by atoms with E-state index in [4.69, 9.17) is 0 Å². The zero-order chi connectivity index (χ0) is 20.8. The van der Waals surface area contributed by atoms with Gasteiger partial charge in [-0.25, -0.2) is 0 Å². The van der Waals surface area contributed by atoms with Crippen molar-refractivity contribution in [2.45, 2.75) is 90.1 Å². The molecule has 1 amide bonds. The first-order chi connectivity index (χ1) is 14.0. The van der Waals surface area contributed by atoms with Crippen LogP contribution in [0.15, 0.2) is 18.2 Å². The Bertz CT molecular complexity index is 798. The molecule has 5 heteroatoms. The molecule has 1 aliphatic heterocycles. The smallest absolute Gasteiger partial charge is 0.255 e. The molecular formula is C24H31NO4. The van der Waals surface area contributed by atoms with Gasteiger partial charge >= 0.3 is 0 Å². The van der Waals surface area contributed by atoms with Crippen LogP contribution in [0.4, 0.5) is 0 Å². The van der Waals surface area contributed by atoms with Crippen molar-refractivity contribution >= 4 is 23.3 Å². The van der Waals surface area contributed by atoms with Gasteiger partial charge in [-0.2, -0.15) is 0 Å². The van der Waals surface area contributed by atoms with Gasteiger partial charge < -0.3 is 4.90 Å². The molecule has 0 radical (unpaired) electrons. The van der Waals surface area contributed by atoms with Gasteiger partial charge in [-0.15, -0.1) is 0 Å². The molecule has 1 atom stereocenters. The monoisotopic (exact) mass is 397 g/mol. The van der Waals surface area contributed by atoms with Crippen LogP contribution in [0.3, 0.4) is 0 Å². The Morgan fingerprint density at radius 2 is 1.86 bits per heavy atom. The Balaban J connectivity index is 1.52. The summed E-state index contributed by atoms with van der Waals surface area (Å²) in [6.07, 6.45) is 8.36. The Hall–Kier alpha value is -2.30. The van der Waals surface area contributed by atoms with Crippen molar-refractivity contribution in [3.05, 3.63) is 34.9 Å². The van der Waals surface area contributed by atoms with Gasteiger partial charge in [0.25, 0.3) is 5.91 Å². The number of Topliss-reactive ketones (excluding diaryl/α,β-unsaturated/α-hetero) is 3. The number of aryl methyl sites for hydroxylation is 1. The molecule has 1 saturated carbocycles. The SMILES string of the molecule is CCCCCCCC(=O)CCc1ccc2c(c1)CN(C1CCC(=O)CC1=O)C2=O. The maximum absolute atomic E-state index is 12.7. The minimum absolute atomic E-state index is 0.0345. The number of fused-ring (bicyclic) bond motifs is 1. The van der Waals surface area contributed by atoms with E-state index in [1.165, 1.54) is 19.3 Å². The Kier molecular flexibility index (Phi) is 7.34. The molecule has 0 saturated heterocycles. The Morgan fingerprint density at radius 3 is 2.62 bits per heavy atom. The zero-order valence-electron chi connectivity index (χ0n) is 17.4. The first kappa shape index (κ1) is 21.4. The molecule has 0 N–H and O–H groups in total. The number of hydrogen-bond donors (Lipinski definition) is 0. The van der Waals surface area contributed by atoms with Gasteiger partial charge in [-0.3, -0.25) is 19.2 Å². The molecule has 5 nitrogen and oxygen atoms in total. The van der Waals surface area contributed by atoms with E-state index < -0.39 is 6.04 Å². The molecule has 1 aromatic carbocycles. The van der Waals surface area contributed by atoms with Crippen LogP contribution < -0.4 is 0 Å². The molecule has 1 unspecified atom stereocenters. The van der Waals surface area contributed by atoms with Crippen LogP contribution in [0.25, 0.3) is 0 Å². The molecule has 0 spiro atoms. The normalized spacial score (nSPS) is 19.0. The van der Waals surface area contributed by atoms with Crippen LogP contribution in [-0.2, 0) is 27.3 Å². The molecule has 1 heterocycles. The predicted molar refractivity (Wildman–Crippen MR) is 111 cm³/mol. The molecule has 2 aliphatic rings. The second-order valence-electron chi connectivity index (χ2n) is 8.36. The number of carbonyl (C=O) groups is 4. The number of hydrogen-bond acceptors (Lipinski definition) is 4. The summed E-state index contributed by atoms with van der Waals surface area (Å²) >= 11 is 0. The summed E-state index contributed by atoms with van der Waals surface area (Å²) < 4.78 is 0. The molecule has 1 fully saturated rings. The van der Waals surface area contributed by atoms with Crippen LogP contribution in [0.2, 0.25) is 0 Å². The number of unbranched alkanes of at least 4 members (excludes halogenated alkanes) is 4. The summed E-state index contributed by atoms with van der Waals surface area (Å²) in [5, 5.41) is 0. The number of ketones is 3. The van der Waals surface area contributed by atoms with E-state index in [0.29, 0.717) is 50.0 Å². The number of nitrogens with zero attached hydrogens (tertiary/aromatic N) is 1. The Labute approximate surface area is 172 Å². The summed E-state index contributed by atoms with van der Waals surface area (Å²) in [6, 6.07) is 5.26. The number of rotatable bonds is 10. The number of carbonyl (C=O) groups excluding carboxylic acids is 4. The second-order valence-corrected chi connectivity index (χ2v) is 8.36. The highest BCUT2D eigenvalue weighted by Gasteiger charge is 2.38. The third-order valence-electron chi connectivity index (χ3n) is 6.07. The third-order valence-corrected chi connectivity index (χ3v) is 6.07. The standard InChI is InChI=1S/C24H31NO4/c1-2-3-4-5-6-7-19(26)10-8-17-9-12-21-18(14-17)16-25(24(21)29)22-13-11-20(27)15-23(22)28/h9,12,14,22H,2-8,10-11,13,15-16H2,1H3. The van der Waals surface area contributed by atoms with Crippen molar-refractivity contribution in [1.29, 1.82) is 0 Å². The highest BCUT2D eigenvalue weighted by Crippen LogP contribution is 2.29. The zero-order valence-corrected chi connectivity index (χ0v) is 17.4. The van der Waals surface area contributed by atoms with Crippen LogP contribution in [0.5, 0.6) is 0 Å². The summed E-state index contributed by atoms with van der Waals surface area (Å²) in [4.78, 5) is 50.2. The van der Waals surface area contributed by atoms with Crippen LogP contribution in [0, 0.1) is 0 Å². The topological polar surface area (TPSA) is 71.5 Å². The van der Waals surface area contributed by atoms with Gasteiger partial charge in [0.15, 0.2) is 5.78 Å². The van der Waals surface area contributed by atoms with Crippen LogP contribution in [-0.4, -0.2) is 34.2 Å². The lowest BCUT2D eigenvalue weighted by molar-refractivity contribution is -0.133. The van der Waals surface area contributed by atoms with Crippen molar-refractivity contribution in [3.8, 4) is 0 Å². The average molecular weight is 398 g/mol. The lowest BCUT2D eigenvalue weighted by Gasteiger charge is -2.29. The quantitative estimate of drug-likeness (QED) is 0.438. The van der Waals surface area contributed by atoms with Crippen molar-refractivity contribution in [2.75, 3.05) is 0 Å². The predicted octanol–water partition coefficient (Wildman–Crippen LogP) is 4.20. The van der Waals surface area contributed by atoms with Gasteiger partial charge in [0.1, 0.15) is 11.6 Å². The van der Waals surface area contributed by atoms with Crippen molar-refractivity contribution in [2.24, 2.45) is 0 Å². The molecule has 0 aromatic heterocycles. The van der Waals surface area contributed by atoms with Gasteiger partial charge in [0, 0.05) is 31.4 Å². The molecule has 1 aromatic rings. The maximum atomic E-state index is 12.7. The van der Waals surface area contributed by atoms with Gasteiger partial charge in [0.2, 0.25) is 0 Å². The summed E-state index contributed by atoms with van der Waals surface area (Å²) in [5.74, 6) is -0.000496. The van der Waals surface area contributed by atoms with E-state index in [0.717, 1.165) is 24.0 Å². The van der Waals surface area contributed by atoms with E-state index in [2.05, 4.69) is 6.92 Å².